The SMILES string of the molecule is CC(C)(C)OC(=O)CNC(=O)c1csc(-c2ccc(Cl)cc2)n1. The molecule has 1 heterocycles. The molecule has 2 aromatic rings. The quantitative estimate of drug-likeness (QED) is 0.854. The average Bonchev–Trinajstić information content (AvgIpc) is 2.93. The van der Waals surface area contributed by atoms with E-state index in [1.54, 1.807) is 38.3 Å². The number of ether oxygens (including phenoxy) is 1. The number of carbonyl (C=O) groups is 2. The van der Waals surface area contributed by atoms with Crippen LogP contribution in [0.1, 0.15) is 31.3 Å². The number of aromatic nitrogens is 1. The number of thiazole rings is 1. The fourth-order valence-electron chi connectivity index (χ4n) is 1.72. The first-order valence-corrected chi connectivity index (χ1v) is 8.22. The van der Waals surface area contributed by atoms with Crippen molar-refractivity contribution in [3.8, 4) is 10.6 Å². The summed E-state index contributed by atoms with van der Waals surface area (Å²) >= 11 is 7.20. The highest BCUT2D eigenvalue weighted by Gasteiger charge is 2.18. The molecule has 0 aliphatic carbocycles. The van der Waals surface area contributed by atoms with E-state index in [1.165, 1.54) is 11.3 Å². The molecule has 2 rings (SSSR count). The lowest BCUT2D eigenvalue weighted by Gasteiger charge is -2.19. The van der Waals surface area contributed by atoms with Crippen molar-refractivity contribution < 1.29 is 14.3 Å². The second-order valence-electron chi connectivity index (χ2n) is 5.81. The van der Waals surface area contributed by atoms with Crippen LogP contribution in [0.2, 0.25) is 5.02 Å². The maximum atomic E-state index is 12.0. The van der Waals surface area contributed by atoms with Crippen molar-refractivity contribution in [3.63, 3.8) is 0 Å². The van der Waals surface area contributed by atoms with Crippen LogP contribution in [-0.4, -0.2) is 29.0 Å². The minimum Gasteiger partial charge on any atom is -0.459 e. The second kappa shape index (κ2) is 7.10. The van der Waals surface area contributed by atoms with E-state index in [0.717, 1.165) is 5.56 Å². The highest BCUT2D eigenvalue weighted by molar-refractivity contribution is 7.13. The van der Waals surface area contributed by atoms with Crippen molar-refractivity contribution in [1.82, 2.24) is 10.3 Å². The number of nitrogens with zero attached hydrogens (tertiary/aromatic N) is 1. The van der Waals surface area contributed by atoms with Gasteiger partial charge in [0.05, 0.1) is 0 Å². The molecule has 0 saturated carbocycles. The van der Waals surface area contributed by atoms with Crippen LogP contribution in [0.15, 0.2) is 29.6 Å². The summed E-state index contributed by atoms with van der Waals surface area (Å²) in [6.45, 7) is 5.12. The number of amides is 1. The zero-order chi connectivity index (χ0) is 17.0. The topological polar surface area (TPSA) is 68.3 Å². The molecular weight excluding hydrogens is 336 g/mol. The van der Waals surface area contributed by atoms with E-state index in [1.807, 2.05) is 12.1 Å². The van der Waals surface area contributed by atoms with E-state index in [4.69, 9.17) is 16.3 Å². The molecule has 0 fully saturated rings. The summed E-state index contributed by atoms with van der Waals surface area (Å²) in [5.74, 6) is -0.897. The number of benzene rings is 1. The molecule has 0 saturated heterocycles. The first-order chi connectivity index (χ1) is 10.7. The average molecular weight is 353 g/mol. The molecule has 0 spiro atoms. The van der Waals surface area contributed by atoms with Gasteiger partial charge < -0.3 is 10.1 Å². The van der Waals surface area contributed by atoms with Gasteiger partial charge in [0.1, 0.15) is 22.8 Å². The lowest BCUT2D eigenvalue weighted by atomic mass is 10.2. The number of rotatable bonds is 4. The Morgan fingerprint density at radius 3 is 2.52 bits per heavy atom. The fraction of sp³-hybridized carbons (Fsp3) is 0.312. The molecule has 0 atom stereocenters. The standard InChI is InChI=1S/C16H17ClN2O3S/c1-16(2,3)22-13(20)8-18-14(21)12-9-23-15(19-12)10-4-6-11(17)7-5-10/h4-7,9H,8H2,1-3H3,(H,18,21). The van der Waals surface area contributed by atoms with Crippen LogP contribution < -0.4 is 5.32 Å². The maximum absolute atomic E-state index is 12.0. The van der Waals surface area contributed by atoms with Crippen LogP contribution >= 0.6 is 22.9 Å². The van der Waals surface area contributed by atoms with Crippen molar-refractivity contribution >= 4 is 34.8 Å². The minimum absolute atomic E-state index is 0.191. The summed E-state index contributed by atoms with van der Waals surface area (Å²) in [7, 11) is 0. The molecule has 0 radical (unpaired) electrons. The van der Waals surface area contributed by atoms with E-state index >= 15 is 0 Å². The minimum atomic E-state index is -0.579. The molecule has 5 nitrogen and oxygen atoms in total. The highest BCUT2D eigenvalue weighted by Crippen LogP contribution is 2.25. The lowest BCUT2D eigenvalue weighted by molar-refractivity contribution is -0.153. The second-order valence-corrected chi connectivity index (χ2v) is 7.11. The number of carbonyl (C=O) groups excluding carboxylic acids is 2. The number of esters is 1. The predicted octanol–water partition coefficient (Wildman–Crippen LogP) is 3.54. The Hall–Kier alpha value is -1.92. The highest BCUT2D eigenvalue weighted by atomic mass is 35.5. The predicted molar refractivity (Wildman–Crippen MR) is 90.7 cm³/mol. The first-order valence-electron chi connectivity index (χ1n) is 6.96. The van der Waals surface area contributed by atoms with Gasteiger partial charge in [-0.2, -0.15) is 0 Å². The van der Waals surface area contributed by atoms with E-state index in [9.17, 15) is 9.59 Å². The molecule has 122 valence electrons. The van der Waals surface area contributed by atoms with Gasteiger partial charge in [0, 0.05) is 16.0 Å². The molecule has 7 heteroatoms. The lowest BCUT2D eigenvalue weighted by Crippen LogP contribution is -2.34. The van der Waals surface area contributed by atoms with Gasteiger partial charge in [-0.05, 0) is 32.9 Å². The third-order valence-corrected chi connectivity index (χ3v) is 3.78. The largest absolute Gasteiger partial charge is 0.459 e. The summed E-state index contributed by atoms with van der Waals surface area (Å²) in [5, 5.41) is 5.50. The Balaban J connectivity index is 1.96. The number of hydrogen-bond donors (Lipinski definition) is 1. The van der Waals surface area contributed by atoms with Crippen molar-refractivity contribution in [2.75, 3.05) is 6.54 Å². The van der Waals surface area contributed by atoms with E-state index in [2.05, 4.69) is 10.3 Å². The Morgan fingerprint density at radius 1 is 1.26 bits per heavy atom. The Morgan fingerprint density at radius 2 is 1.91 bits per heavy atom. The fourth-order valence-corrected chi connectivity index (χ4v) is 2.66. The van der Waals surface area contributed by atoms with Gasteiger partial charge in [-0.1, -0.05) is 23.7 Å². The van der Waals surface area contributed by atoms with Gasteiger partial charge in [0.25, 0.3) is 5.91 Å². The third kappa shape index (κ3) is 5.33. The molecule has 0 aliphatic heterocycles. The van der Waals surface area contributed by atoms with Gasteiger partial charge in [-0.3, -0.25) is 9.59 Å². The Kier molecular flexibility index (Phi) is 5.38. The van der Waals surface area contributed by atoms with Gasteiger partial charge in [0.15, 0.2) is 0 Å². The third-order valence-electron chi connectivity index (χ3n) is 2.64. The normalized spacial score (nSPS) is 11.1. The number of nitrogens with one attached hydrogen (secondary N) is 1. The molecular formula is C16H17ClN2O3S. The van der Waals surface area contributed by atoms with Crippen LogP contribution in [0.4, 0.5) is 0 Å². The van der Waals surface area contributed by atoms with Crippen molar-refractivity contribution in [3.05, 3.63) is 40.4 Å². The monoisotopic (exact) mass is 352 g/mol. The molecule has 1 amide bonds. The van der Waals surface area contributed by atoms with Gasteiger partial charge in [-0.15, -0.1) is 11.3 Å². The summed E-state index contributed by atoms with van der Waals surface area (Å²) in [4.78, 5) is 27.9. The van der Waals surface area contributed by atoms with Crippen LogP contribution in [0.5, 0.6) is 0 Å². The summed E-state index contributed by atoms with van der Waals surface area (Å²) in [5.41, 5.74) is 0.568. The van der Waals surface area contributed by atoms with Gasteiger partial charge in [0.2, 0.25) is 0 Å². The molecule has 23 heavy (non-hydrogen) atoms. The molecule has 1 aromatic heterocycles. The summed E-state index contributed by atoms with van der Waals surface area (Å²) in [6, 6.07) is 7.20. The zero-order valence-electron chi connectivity index (χ0n) is 13.1. The van der Waals surface area contributed by atoms with E-state index in [0.29, 0.717) is 10.0 Å². The number of halogens is 1. The Labute approximate surface area is 143 Å². The van der Waals surface area contributed by atoms with Gasteiger partial charge >= 0.3 is 5.97 Å². The summed E-state index contributed by atoms with van der Waals surface area (Å²) in [6.07, 6.45) is 0. The van der Waals surface area contributed by atoms with E-state index in [-0.39, 0.29) is 12.2 Å². The smallest absolute Gasteiger partial charge is 0.325 e. The van der Waals surface area contributed by atoms with Crippen LogP contribution in [0.25, 0.3) is 10.6 Å². The molecule has 0 bridgehead atoms. The first kappa shape index (κ1) is 17.4. The zero-order valence-corrected chi connectivity index (χ0v) is 14.6. The molecule has 1 N–H and O–H groups in total. The van der Waals surface area contributed by atoms with Crippen molar-refractivity contribution in [1.29, 1.82) is 0 Å². The van der Waals surface area contributed by atoms with Crippen LogP contribution in [-0.2, 0) is 9.53 Å². The number of hydrogen-bond acceptors (Lipinski definition) is 5. The van der Waals surface area contributed by atoms with Crippen molar-refractivity contribution in [2.45, 2.75) is 26.4 Å². The van der Waals surface area contributed by atoms with Crippen LogP contribution in [0, 0.1) is 0 Å². The molecule has 0 aliphatic rings. The molecule has 1 aromatic carbocycles. The summed E-state index contributed by atoms with van der Waals surface area (Å²) < 4.78 is 5.13. The maximum Gasteiger partial charge on any atom is 0.325 e. The van der Waals surface area contributed by atoms with Gasteiger partial charge in [-0.25, -0.2) is 4.98 Å². The molecule has 0 unspecified atom stereocenters. The van der Waals surface area contributed by atoms with Crippen LogP contribution in [0.3, 0.4) is 0 Å². The van der Waals surface area contributed by atoms with Crippen molar-refractivity contribution in [2.24, 2.45) is 0 Å². The Bertz CT molecular complexity index is 705. The van der Waals surface area contributed by atoms with E-state index < -0.39 is 17.5 Å².